The normalized spacial score (nSPS) is 17.0. The first-order valence-corrected chi connectivity index (χ1v) is 14.0. The number of aryl methyl sites for hydroxylation is 1. The number of hydrogen-bond acceptors (Lipinski definition) is 8. The number of pyridine rings is 1. The fraction of sp³-hybridized carbons (Fsp3) is 0.355. The molecule has 5 rings (SSSR count). The number of carbonyl (C=O) groups excluding carboxylic acids is 2. The molecule has 220 valence electrons. The highest BCUT2D eigenvalue weighted by atomic mass is 16.5. The van der Waals surface area contributed by atoms with Crippen LogP contribution in [0.4, 0.5) is 11.6 Å². The van der Waals surface area contributed by atoms with Gasteiger partial charge in [-0.15, -0.1) is 0 Å². The first kappa shape index (κ1) is 29.0. The van der Waals surface area contributed by atoms with Gasteiger partial charge < -0.3 is 34.5 Å². The van der Waals surface area contributed by atoms with Crippen molar-refractivity contribution in [3.8, 4) is 11.5 Å². The molecule has 0 bridgehead atoms. The molecule has 0 radical (unpaired) electrons. The molecule has 2 N–H and O–H groups in total. The molecular weight excluding hydrogens is 534 g/mol. The number of nitrogens with one attached hydrogen (secondary N) is 2. The fourth-order valence-electron chi connectivity index (χ4n) is 5.07. The van der Waals surface area contributed by atoms with Gasteiger partial charge in [-0.2, -0.15) is 0 Å². The van der Waals surface area contributed by atoms with Gasteiger partial charge in [-0.1, -0.05) is 6.92 Å². The zero-order chi connectivity index (χ0) is 29.8. The maximum atomic E-state index is 13.5. The summed E-state index contributed by atoms with van der Waals surface area (Å²) in [6.45, 7) is 4.00. The van der Waals surface area contributed by atoms with Gasteiger partial charge >= 0.3 is 0 Å². The number of anilines is 2. The quantitative estimate of drug-likeness (QED) is 0.310. The number of hydrogen-bond donors (Lipinski definition) is 2. The highest BCUT2D eigenvalue weighted by molar-refractivity contribution is 5.95. The van der Waals surface area contributed by atoms with Crippen molar-refractivity contribution in [3.05, 3.63) is 72.1 Å². The van der Waals surface area contributed by atoms with E-state index in [1.807, 2.05) is 73.1 Å². The maximum Gasteiger partial charge on any atom is 0.269 e. The summed E-state index contributed by atoms with van der Waals surface area (Å²) in [6.07, 6.45) is 2.38. The lowest BCUT2D eigenvalue weighted by Crippen LogP contribution is -2.54. The average molecular weight is 572 g/mol. The molecule has 1 saturated heterocycles. The van der Waals surface area contributed by atoms with Crippen LogP contribution in [0.1, 0.15) is 34.2 Å². The molecular formula is C31H37N7O4. The summed E-state index contributed by atoms with van der Waals surface area (Å²) >= 11 is 0. The van der Waals surface area contributed by atoms with Crippen molar-refractivity contribution < 1.29 is 19.1 Å². The highest BCUT2D eigenvalue weighted by Crippen LogP contribution is 2.28. The molecule has 0 spiro atoms. The third-order valence-corrected chi connectivity index (χ3v) is 7.33. The number of ether oxygens (including phenoxy) is 2. The molecule has 1 fully saturated rings. The number of likely N-dealkylation sites (N-methyl/N-ethyl adjacent to an activating group) is 1. The van der Waals surface area contributed by atoms with Crippen LogP contribution in [0.3, 0.4) is 0 Å². The highest BCUT2D eigenvalue weighted by Gasteiger charge is 2.32. The zero-order valence-electron chi connectivity index (χ0n) is 24.6. The Hall–Kier alpha value is -4.48. The first-order chi connectivity index (χ1) is 20.2. The lowest BCUT2D eigenvalue weighted by Gasteiger charge is -2.40. The Balaban J connectivity index is 1.28. The van der Waals surface area contributed by atoms with Gasteiger partial charge in [-0.05, 0) is 63.0 Å². The van der Waals surface area contributed by atoms with Crippen molar-refractivity contribution in [3.63, 3.8) is 0 Å². The maximum absolute atomic E-state index is 13.5. The number of nitrogens with zero attached hydrogens (tertiary/aromatic N) is 5. The summed E-state index contributed by atoms with van der Waals surface area (Å²) in [6, 6.07) is 16.5. The fourth-order valence-corrected chi connectivity index (χ4v) is 5.07. The lowest BCUT2D eigenvalue weighted by molar-refractivity contribution is -0.0597. The number of carbonyl (C=O) groups is 2. The Morgan fingerprint density at radius 1 is 1.10 bits per heavy atom. The van der Waals surface area contributed by atoms with Crippen LogP contribution in [0.2, 0.25) is 0 Å². The van der Waals surface area contributed by atoms with E-state index in [-0.39, 0.29) is 29.7 Å². The van der Waals surface area contributed by atoms with Crippen molar-refractivity contribution in [2.24, 2.45) is 7.05 Å². The second kappa shape index (κ2) is 12.6. The Kier molecular flexibility index (Phi) is 8.69. The minimum atomic E-state index is -0.284. The van der Waals surface area contributed by atoms with Crippen LogP contribution in [0.25, 0.3) is 11.0 Å². The Labute approximate surface area is 245 Å². The molecule has 0 aliphatic carbocycles. The monoisotopic (exact) mass is 571 g/mol. The van der Waals surface area contributed by atoms with Gasteiger partial charge in [0.1, 0.15) is 17.2 Å². The van der Waals surface area contributed by atoms with E-state index in [1.165, 1.54) is 6.20 Å². The summed E-state index contributed by atoms with van der Waals surface area (Å²) < 4.78 is 13.9. The smallest absolute Gasteiger partial charge is 0.269 e. The summed E-state index contributed by atoms with van der Waals surface area (Å²) in [4.78, 5) is 38.2. The van der Waals surface area contributed by atoms with Gasteiger partial charge in [-0.25, -0.2) is 4.98 Å². The van der Waals surface area contributed by atoms with Crippen molar-refractivity contribution in [2.45, 2.75) is 25.5 Å². The van der Waals surface area contributed by atoms with Gasteiger partial charge in [-0.3, -0.25) is 14.6 Å². The van der Waals surface area contributed by atoms with E-state index < -0.39 is 0 Å². The second-order valence-electron chi connectivity index (χ2n) is 10.6. The number of rotatable bonds is 9. The number of imidazole rings is 1. The summed E-state index contributed by atoms with van der Waals surface area (Å²) in [5.41, 5.74) is 3.40. The van der Waals surface area contributed by atoms with E-state index >= 15 is 0 Å². The van der Waals surface area contributed by atoms with Crippen molar-refractivity contribution in [1.82, 2.24) is 29.7 Å². The number of amides is 2. The second-order valence-corrected chi connectivity index (χ2v) is 10.6. The van der Waals surface area contributed by atoms with Crippen molar-refractivity contribution >= 4 is 34.5 Å². The molecule has 3 heterocycles. The molecule has 2 atom stereocenters. The standard InChI is InChI=1S/C31H37N7O4/c1-6-22-19-41-25(17-36(3)4)18-38(22)30(40)20-7-9-21(10-8-20)34-31-35-26-15-23(11-12-28(26)37(31)5)42-24-13-14-33-27(16-24)29(39)32-2/h7-16,22,25H,6,17-19H2,1-5H3,(H,32,39)(H,34,35)/t22-,25+/m0/s1. The van der Waals surface area contributed by atoms with Gasteiger partial charge in [0.15, 0.2) is 0 Å². The minimum absolute atomic E-state index is 0.000820. The van der Waals surface area contributed by atoms with Crippen LogP contribution in [-0.2, 0) is 11.8 Å². The van der Waals surface area contributed by atoms with Gasteiger partial charge in [0.2, 0.25) is 5.95 Å². The third kappa shape index (κ3) is 6.37. The Morgan fingerprint density at radius 2 is 1.86 bits per heavy atom. The predicted molar refractivity (Wildman–Crippen MR) is 162 cm³/mol. The predicted octanol–water partition coefficient (Wildman–Crippen LogP) is 4.05. The molecule has 2 aromatic heterocycles. The molecule has 1 aliphatic rings. The first-order valence-electron chi connectivity index (χ1n) is 14.0. The summed E-state index contributed by atoms with van der Waals surface area (Å²) in [7, 11) is 7.51. The molecule has 1 aliphatic heterocycles. The van der Waals surface area contributed by atoms with E-state index in [1.54, 1.807) is 19.2 Å². The summed E-state index contributed by atoms with van der Waals surface area (Å²) in [5.74, 6) is 1.48. The van der Waals surface area contributed by atoms with Gasteiger partial charge in [0.25, 0.3) is 11.8 Å². The van der Waals surface area contributed by atoms with Gasteiger partial charge in [0.05, 0.1) is 29.8 Å². The number of aromatic nitrogens is 3. The van der Waals surface area contributed by atoms with E-state index in [9.17, 15) is 9.59 Å². The third-order valence-electron chi connectivity index (χ3n) is 7.33. The van der Waals surface area contributed by atoms with E-state index in [2.05, 4.69) is 27.4 Å². The van der Waals surface area contributed by atoms with E-state index in [4.69, 9.17) is 14.5 Å². The van der Waals surface area contributed by atoms with E-state index in [0.29, 0.717) is 36.2 Å². The largest absolute Gasteiger partial charge is 0.457 e. The zero-order valence-corrected chi connectivity index (χ0v) is 24.6. The average Bonchev–Trinajstić information content (AvgIpc) is 3.30. The van der Waals surface area contributed by atoms with Crippen molar-refractivity contribution in [1.29, 1.82) is 0 Å². The SMILES string of the molecule is CC[C@H]1CO[C@H](CN(C)C)CN1C(=O)c1ccc(Nc2nc3cc(Oc4ccnc(C(=O)NC)c4)ccc3n2C)cc1. The topological polar surface area (TPSA) is 114 Å². The molecule has 2 aromatic carbocycles. The Bertz CT molecular complexity index is 1570. The van der Waals surface area contributed by atoms with Crippen LogP contribution in [0.15, 0.2) is 60.8 Å². The molecule has 42 heavy (non-hydrogen) atoms. The minimum Gasteiger partial charge on any atom is -0.457 e. The number of morpholine rings is 1. The van der Waals surface area contributed by atoms with Crippen LogP contribution in [0, 0.1) is 0 Å². The van der Waals surface area contributed by atoms with Crippen LogP contribution in [-0.4, -0.2) is 89.1 Å². The van der Waals surface area contributed by atoms with Crippen molar-refractivity contribution in [2.75, 3.05) is 46.2 Å². The number of benzene rings is 2. The molecule has 11 nitrogen and oxygen atoms in total. The van der Waals surface area contributed by atoms with Crippen LogP contribution >= 0.6 is 0 Å². The molecule has 11 heteroatoms. The van der Waals surface area contributed by atoms with E-state index in [0.717, 1.165) is 29.7 Å². The molecule has 0 unspecified atom stereocenters. The lowest BCUT2D eigenvalue weighted by atomic mass is 10.1. The Morgan fingerprint density at radius 3 is 2.57 bits per heavy atom. The van der Waals surface area contributed by atoms with Gasteiger partial charge in [0, 0.05) is 56.8 Å². The molecule has 0 saturated carbocycles. The van der Waals surface area contributed by atoms with Crippen LogP contribution in [0.5, 0.6) is 11.5 Å². The molecule has 4 aromatic rings. The van der Waals surface area contributed by atoms with Crippen LogP contribution < -0.4 is 15.4 Å². The number of fused-ring (bicyclic) bond motifs is 1. The molecule has 2 amide bonds. The summed E-state index contributed by atoms with van der Waals surface area (Å²) in [5, 5.41) is 5.92.